The number of nitrogens with one attached hydrogen (secondary N) is 2. The van der Waals surface area contributed by atoms with Gasteiger partial charge in [0.25, 0.3) is 0 Å². The van der Waals surface area contributed by atoms with Crippen molar-refractivity contribution in [2.45, 2.75) is 12.7 Å². The molecule has 0 saturated heterocycles. The van der Waals surface area contributed by atoms with Crippen molar-refractivity contribution in [3.63, 3.8) is 0 Å². The summed E-state index contributed by atoms with van der Waals surface area (Å²) in [6.45, 7) is 1.72. The van der Waals surface area contributed by atoms with Crippen LogP contribution < -0.4 is 10.0 Å². The molecule has 0 aliphatic carbocycles. The van der Waals surface area contributed by atoms with Crippen LogP contribution in [-0.4, -0.2) is 27.4 Å². The predicted octanol–water partition coefficient (Wildman–Crippen LogP) is 0.381. The number of amides is 1. The highest BCUT2D eigenvalue weighted by atomic mass is 32.2. The number of benzene rings is 1. The largest absolute Gasteiger partial charge is 0.355 e. The lowest BCUT2D eigenvalue weighted by Gasteiger charge is -2.07. The van der Waals surface area contributed by atoms with Crippen molar-refractivity contribution < 1.29 is 17.6 Å². The van der Waals surface area contributed by atoms with Crippen LogP contribution in [0.1, 0.15) is 12.5 Å². The lowest BCUT2D eigenvalue weighted by atomic mass is 10.2. The average molecular weight is 274 g/mol. The number of carbonyl (C=O) groups excluding carboxylic acids is 1. The molecule has 1 aromatic carbocycles. The number of rotatable bonds is 6. The van der Waals surface area contributed by atoms with E-state index in [1.54, 1.807) is 0 Å². The normalized spacial score (nSPS) is 11.2. The molecule has 0 saturated carbocycles. The van der Waals surface area contributed by atoms with Crippen molar-refractivity contribution in [3.8, 4) is 0 Å². The zero-order valence-corrected chi connectivity index (χ0v) is 10.8. The summed E-state index contributed by atoms with van der Waals surface area (Å²) in [5.41, 5.74) is 0.503. The van der Waals surface area contributed by atoms with Crippen LogP contribution in [0.5, 0.6) is 0 Å². The van der Waals surface area contributed by atoms with Crippen molar-refractivity contribution >= 4 is 15.9 Å². The Balaban J connectivity index is 2.44. The molecule has 1 rings (SSSR count). The number of hydrogen-bond acceptors (Lipinski definition) is 3. The number of carbonyl (C=O) groups is 1. The van der Waals surface area contributed by atoms with Crippen LogP contribution in [0.3, 0.4) is 0 Å². The minimum absolute atomic E-state index is 0.128. The van der Waals surface area contributed by atoms with Gasteiger partial charge in [-0.3, -0.25) is 4.79 Å². The standard InChI is InChI=1S/C11H15FN2O3S/c1-9(15)13-6-7-14-18(16,17)8-10-2-4-11(12)5-3-10/h2-5,14H,6-8H2,1H3,(H,13,15). The van der Waals surface area contributed by atoms with Gasteiger partial charge in [0.2, 0.25) is 15.9 Å². The van der Waals surface area contributed by atoms with Crippen molar-refractivity contribution in [2.75, 3.05) is 13.1 Å². The van der Waals surface area contributed by atoms with Gasteiger partial charge in [0.05, 0.1) is 5.75 Å². The molecule has 2 N–H and O–H groups in total. The molecule has 0 aliphatic heterocycles. The zero-order valence-electron chi connectivity index (χ0n) is 9.94. The SMILES string of the molecule is CC(=O)NCCNS(=O)(=O)Cc1ccc(F)cc1. The second kappa shape index (κ2) is 6.46. The van der Waals surface area contributed by atoms with E-state index in [4.69, 9.17) is 0 Å². The van der Waals surface area contributed by atoms with E-state index in [0.717, 1.165) is 0 Å². The Morgan fingerprint density at radius 2 is 1.83 bits per heavy atom. The fourth-order valence-corrected chi connectivity index (χ4v) is 2.44. The summed E-state index contributed by atoms with van der Waals surface area (Å²) in [6, 6.07) is 5.26. The van der Waals surface area contributed by atoms with Crippen molar-refractivity contribution in [1.82, 2.24) is 10.0 Å². The van der Waals surface area contributed by atoms with Crippen molar-refractivity contribution in [1.29, 1.82) is 0 Å². The first-order valence-corrected chi connectivity index (χ1v) is 7.00. The third-order valence-electron chi connectivity index (χ3n) is 2.09. The van der Waals surface area contributed by atoms with Crippen LogP contribution in [0.15, 0.2) is 24.3 Å². The van der Waals surface area contributed by atoms with Gasteiger partial charge in [0, 0.05) is 20.0 Å². The number of halogens is 1. The highest BCUT2D eigenvalue weighted by molar-refractivity contribution is 7.88. The third-order valence-corrected chi connectivity index (χ3v) is 3.45. The summed E-state index contributed by atoms with van der Waals surface area (Å²) < 4.78 is 38.2. The minimum Gasteiger partial charge on any atom is -0.355 e. The summed E-state index contributed by atoms with van der Waals surface area (Å²) in [5.74, 6) is -0.838. The molecule has 1 amide bonds. The van der Waals surface area contributed by atoms with Gasteiger partial charge in [-0.25, -0.2) is 17.5 Å². The summed E-state index contributed by atoms with van der Waals surface area (Å²) in [7, 11) is -3.47. The highest BCUT2D eigenvalue weighted by Gasteiger charge is 2.10. The molecule has 1 aromatic rings. The van der Waals surface area contributed by atoms with Crippen LogP contribution in [0.4, 0.5) is 4.39 Å². The maximum absolute atomic E-state index is 12.6. The van der Waals surface area contributed by atoms with E-state index in [-0.39, 0.29) is 24.7 Å². The fraction of sp³-hybridized carbons (Fsp3) is 0.364. The smallest absolute Gasteiger partial charge is 0.216 e. The quantitative estimate of drug-likeness (QED) is 0.736. The minimum atomic E-state index is -3.47. The average Bonchev–Trinajstić information content (AvgIpc) is 2.27. The Labute approximate surface area is 105 Å². The third kappa shape index (κ3) is 5.74. The molecule has 0 bridgehead atoms. The van der Waals surface area contributed by atoms with Gasteiger partial charge in [-0.05, 0) is 17.7 Å². The van der Waals surface area contributed by atoms with Crippen LogP contribution in [0.25, 0.3) is 0 Å². The molecule has 0 fully saturated rings. The topological polar surface area (TPSA) is 75.3 Å². The summed E-state index contributed by atoms with van der Waals surface area (Å²) in [4.78, 5) is 10.6. The first kappa shape index (κ1) is 14.6. The molecule has 5 nitrogen and oxygen atoms in total. The molecule has 0 radical (unpaired) electrons. The number of hydrogen-bond donors (Lipinski definition) is 2. The van der Waals surface area contributed by atoms with E-state index in [2.05, 4.69) is 10.0 Å². The maximum atomic E-state index is 12.6. The Hall–Kier alpha value is -1.47. The van der Waals surface area contributed by atoms with E-state index in [1.165, 1.54) is 31.2 Å². The molecule has 0 atom stereocenters. The van der Waals surface area contributed by atoms with Crippen LogP contribution in [0.2, 0.25) is 0 Å². The lowest BCUT2D eigenvalue weighted by molar-refractivity contribution is -0.118. The van der Waals surface area contributed by atoms with E-state index in [0.29, 0.717) is 5.56 Å². The molecular weight excluding hydrogens is 259 g/mol. The first-order chi connectivity index (χ1) is 8.39. The lowest BCUT2D eigenvalue weighted by Crippen LogP contribution is -2.34. The van der Waals surface area contributed by atoms with Crippen molar-refractivity contribution in [2.24, 2.45) is 0 Å². The van der Waals surface area contributed by atoms with Gasteiger partial charge in [0.1, 0.15) is 5.82 Å². The zero-order chi connectivity index (χ0) is 13.6. The van der Waals surface area contributed by atoms with Gasteiger partial charge < -0.3 is 5.32 Å². The molecule has 7 heteroatoms. The van der Waals surface area contributed by atoms with E-state index in [1.807, 2.05) is 0 Å². The van der Waals surface area contributed by atoms with E-state index < -0.39 is 15.8 Å². The highest BCUT2D eigenvalue weighted by Crippen LogP contribution is 2.06. The molecule has 18 heavy (non-hydrogen) atoms. The molecule has 0 unspecified atom stereocenters. The first-order valence-electron chi connectivity index (χ1n) is 5.35. The Kier molecular flexibility index (Phi) is 5.24. The number of sulfonamides is 1. The van der Waals surface area contributed by atoms with Gasteiger partial charge in [0.15, 0.2) is 0 Å². The van der Waals surface area contributed by atoms with Crippen molar-refractivity contribution in [3.05, 3.63) is 35.6 Å². The summed E-state index contributed by atoms with van der Waals surface area (Å²) in [5, 5.41) is 2.47. The molecule has 0 aliphatic rings. The van der Waals surface area contributed by atoms with Gasteiger partial charge in [-0.1, -0.05) is 12.1 Å². The monoisotopic (exact) mass is 274 g/mol. The van der Waals surface area contributed by atoms with E-state index >= 15 is 0 Å². The van der Waals surface area contributed by atoms with Crippen LogP contribution >= 0.6 is 0 Å². The molecule has 0 spiro atoms. The van der Waals surface area contributed by atoms with Crippen LogP contribution in [-0.2, 0) is 20.6 Å². The molecule has 0 aromatic heterocycles. The Morgan fingerprint density at radius 1 is 1.22 bits per heavy atom. The van der Waals surface area contributed by atoms with Gasteiger partial charge >= 0.3 is 0 Å². The van der Waals surface area contributed by atoms with Gasteiger partial charge in [-0.15, -0.1) is 0 Å². The predicted molar refractivity (Wildman–Crippen MR) is 65.7 cm³/mol. The molecule has 0 heterocycles. The maximum Gasteiger partial charge on any atom is 0.216 e. The summed E-state index contributed by atoms with van der Waals surface area (Å²) >= 11 is 0. The second-order valence-electron chi connectivity index (χ2n) is 3.76. The van der Waals surface area contributed by atoms with Crippen LogP contribution in [0, 0.1) is 5.82 Å². The molecule has 100 valence electrons. The fourth-order valence-electron chi connectivity index (χ4n) is 1.30. The Morgan fingerprint density at radius 3 is 2.39 bits per heavy atom. The van der Waals surface area contributed by atoms with E-state index in [9.17, 15) is 17.6 Å². The molecular formula is C11H15FN2O3S. The second-order valence-corrected chi connectivity index (χ2v) is 5.57. The van der Waals surface area contributed by atoms with Gasteiger partial charge in [-0.2, -0.15) is 0 Å². The summed E-state index contributed by atoms with van der Waals surface area (Å²) in [6.07, 6.45) is 0. The Bertz CT molecular complexity index is 500.